The Hall–Kier alpha value is -4.16. The van der Waals surface area contributed by atoms with Crippen LogP contribution in [-0.4, -0.2) is 171 Å². The lowest BCUT2D eigenvalue weighted by molar-refractivity contribution is -0.200. The highest BCUT2D eigenvalue weighted by molar-refractivity contribution is 5.96. The molecule has 0 bridgehead atoms. The Balaban J connectivity index is 1.24. The molecule has 4 aliphatic rings. The van der Waals surface area contributed by atoms with Crippen LogP contribution >= 0.6 is 0 Å². The van der Waals surface area contributed by atoms with E-state index in [1.807, 2.05) is 83.8 Å². The smallest absolute Gasteiger partial charge is 0.306 e. The molecule has 5 rings (SSSR count). The van der Waals surface area contributed by atoms with Crippen LogP contribution in [0.5, 0.6) is 0 Å². The van der Waals surface area contributed by atoms with Gasteiger partial charge >= 0.3 is 5.97 Å². The second kappa shape index (κ2) is 26.5. The van der Waals surface area contributed by atoms with Gasteiger partial charge in [-0.05, 0) is 101 Å². The molecule has 1 aromatic carbocycles. The highest BCUT2D eigenvalue weighted by Gasteiger charge is 2.64. The van der Waals surface area contributed by atoms with E-state index in [0.717, 1.165) is 44.3 Å². The first kappa shape index (κ1) is 56.8. The van der Waals surface area contributed by atoms with Crippen molar-refractivity contribution in [2.45, 2.75) is 173 Å². The number of nitrogens with zero attached hydrogens (tertiary/aromatic N) is 4. The van der Waals surface area contributed by atoms with Crippen LogP contribution in [0.3, 0.4) is 0 Å². The zero-order valence-electron chi connectivity index (χ0n) is 44.2. The molecule has 1 aliphatic carbocycles. The van der Waals surface area contributed by atoms with Gasteiger partial charge in [-0.25, -0.2) is 5.06 Å². The van der Waals surface area contributed by atoms with E-state index in [2.05, 4.69) is 16.0 Å². The Morgan fingerprint density at radius 1 is 0.886 bits per heavy atom. The molecule has 0 spiro atoms. The van der Waals surface area contributed by atoms with Gasteiger partial charge in [0.2, 0.25) is 23.6 Å². The van der Waals surface area contributed by atoms with Crippen LogP contribution in [0.15, 0.2) is 30.3 Å². The summed E-state index contributed by atoms with van der Waals surface area (Å²) >= 11 is 0. The normalized spacial score (nSPS) is 23.8. The first-order valence-electron chi connectivity index (χ1n) is 26.2. The number of rotatable bonds is 25. The minimum absolute atomic E-state index is 0.0207. The Morgan fingerprint density at radius 3 is 2.19 bits per heavy atom. The van der Waals surface area contributed by atoms with Crippen molar-refractivity contribution in [3.05, 3.63) is 35.9 Å². The highest BCUT2D eigenvalue weighted by atomic mass is 16.7. The maximum atomic E-state index is 14.7. The van der Waals surface area contributed by atoms with Crippen LogP contribution in [0, 0.1) is 23.7 Å². The van der Waals surface area contributed by atoms with Crippen LogP contribution < -0.4 is 16.0 Å². The summed E-state index contributed by atoms with van der Waals surface area (Å²) in [5.41, 5.74) is -0.182. The van der Waals surface area contributed by atoms with Gasteiger partial charge in [0.05, 0.1) is 49.3 Å². The summed E-state index contributed by atoms with van der Waals surface area (Å²) in [7, 11) is 6.71. The molecule has 394 valence electrons. The predicted molar refractivity (Wildman–Crippen MR) is 267 cm³/mol. The number of hydrogen-bond donors (Lipinski definition) is 3. The maximum absolute atomic E-state index is 14.7. The van der Waals surface area contributed by atoms with Gasteiger partial charge in [0.25, 0.3) is 5.91 Å². The van der Waals surface area contributed by atoms with Crippen LogP contribution in [0.25, 0.3) is 0 Å². The highest BCUT2D eigenvalue weighted by Crippen LogP contribution is 2.53. The average Bonchev–Trinajstić information content (AvgIpc) is 3.87. The van der Waals surface area contributed by atoms with Crippen molar-refractivity contribution in [1.29, 1.82) is 0 Å². The third kappa shape index (κ3) is 14.1. The van der Waals surface area contributed by atoms with E-state index >= 15 is 0 Å². The monoisotopic (exact) mass is 982 g/mol. The fourth-order valence-electron chi connectivity index (χ4n) is 11.2. The van der Waals surface area contributed by atoms with Gasteiger partial charge in [-0.3, -0.25) is 38.5 Å². The molecule has 1 aromatic rings. The second-order valence-electron chi connectivity index (χ2n) is 21.1. The Morgan fingerprint density at radius 2 is 1.59 bits per heavy atom. The van der Waals surface area contributed by atoms with Gasteiger partial charge in [0.1, 0.15) is 17.7 Å². The Bertz CT molecular complexity index is 1880. The van der Waals surface area contributed by atoms with E-state index in [1.54, 1.807) is 38.0 Å². The van der Waals surface area contributed by atoms with Gasteiger partial charge in [0.15, 0.2) is 0 Å². The lowest BCUT2D eigenvalue weighted by Crippen LogP contribution is -2.60. The zero-order chi connectivity index (χ0) is 51.3. The molecule has 0 aromatic heterocycles. The molecule has 17 heteroatoms. The van der Waals surface area contributed by atoms with E-state index in [1.165, 1.54) is 5.06 Å². The number of esters is 1. The molecule has 5 amide bonds. The number of likely N-dealkylation sites (tertiary alicyclic amines) is 1. The first-order valence-corrected chi connectivity index (χ1v) is 26.2. The topological polar surface area (TPSA) is 188 Å². The number of carbonyl (C=O) groups is 6. The molecule has 10 unspecified atom stereocenters. The summed E-state index contributed by atoms with van der Waals surface area (Å²) in [6.45, 7) is 17.2. The molecule has 3 saturated heterocycles. The molecule has 70 heavy (non-hydrogen) atoms. The van der Waals surface area contributed by atoms with Gasteiger partial charge < -0.3 is 40.0 Å². The Kier molecular flexibility index (Phi) is 21.5. The predicted octanol–water partition coefficient (Wildman–Crippen LogP) is 4.68. The van der Waals surface area contributed by atoms with E-state index < -0.39 is 47.8 Å². The molecule has 10 atom stereocenters. The van der Waals surface area contributed by atoms with Gasteiger partial charge in [-0.2, -0.15) is 0 Å². The number of methoxy groups -OCH3 is 2. The second-order valence-corrected chi connectivity index (χ2v) is 21.1. The fraction of sp³-hybridized carbons (Fsp3) is 0.774. The lowest BCUT2D eigenvalue weighted by Gasteiger charge is -2.41. The molecule has 3 heterocycles. The minimum atomic E-state index is -1.15. The number of likely N-dealkylation sites (N-methyl/N-ethyl adjacent to an activating group) is 2. The SMILES string of the molecule is CCC(C)C(C(CC(=O)N1CCCC1C(OC)C(C)C(=O)NC1(C(=O)N2CCCCO2)CC1c1ccccc1)OC)N(C)C(=O)C(NC(=O)C(C(C)C)N(C)CCCC(=O)OC1CCNCC1)C(C)C. The maximum Gasteiger partial charge on any atom is 0.306 e. The molecule has 1 saturated carbocycles. The van der Waals surface area contributed by atoms with Crippen molar-refractivity contribution in [3.63, 3.8) is 0 Å². The number of benzene rings is 1. The fourth-order valence-corrected chi connectivity index (χ4v) is 11.2. The minimum Gasteiger partial charge on any atom is -0.462 e. The van der Waals surface area contributed by atoms with E-state index in [-0.39, 0.29) is 78.1 Å². The number of hydrogen-bond acceptors (Lipinski definition) is 12. The number of hydroxylamine groups is 2. The number of ether oxygens (including phenoxy) is 3. The number of carbonyl (C=O) groups excluding carboxylic acids is 6. The van der Waals surface area contributed by atoms with Crippen LogP contribution in [0.1, 0.15) is 131 Å². The van der Waals surface area contributed by atoms with E-state index in [0.29, 0.717) is 58.3 Å². The Labute approximate surface area is 418 Å². The molecule has 0 radical (unpaired) electrons. The molecular weight excluding hydrogens is 895 g/mol. The van der Waals surface area contributed by atoms with Crippen LogP contribution in [-0.2, 0) is 47.8 Å². The molecule has 17 nitrogen and oxygen atoms in total. The quantitative estimate of drug-likeness (QED) is 0.115. The van der Waals surface area contributed by atoms with Crippen molar-refractivity contribution < 1.29 is 47.8 Å². The number of piperidine rings is 1. The average molecular weight is 982 g/mol. The summed E-state index contributed by atoms with van der Waals surface area (Å²) in [6, 6.07) is 7.40. The summed E-state index contributed by atoms with van der Waals surface area (Å²) in [5, 5.41) is 11.0. The van der Waals surface area contributed by atoms with Crippen molar-refractivity contribution in [2.24, 2.45) is 23.7 Å². The lowest BCUT2D eigenvalue weighted by atomic mass is 9.89. The number of nitrogens with one attached hydrogen (secondary N) is 3. The van der Waals surface area contributed by atoms with E-state index in [9.17, 15) is 28.8 Å². The van der Waals surface area contributed by atoms with Crippen molar-refractivity contribution in [1.82, 2.24) is 35.7 Å². The summed E-state index contributed by atoms with van der Waals surface area (Å²) in [4.78, 5) is 95.7. The van der Waals surface area contributed by atoms with Crippen molar-refractivity contribution in [2.75, 3.05) is 67.6 Å². The summed E-state index contributed by atoms with van der Waals surface area (Å²) < 4.78 is 17.9. The van der Waals surface area contributed by atoms with Gasteiger partial charge in [-0.15, -0.1) is 0 Å². The third-order valence-electron chi connectivity index (χ3n) is 15.5. The molecule has 3 aliphatic heterocycles. The van der Waals surface area contributed by atoms with Crippen molar-refractivity contribution >= 4 is 35.5 Å². The van der Waals surface area contributed by atoms with Gasteiger partial charge in [-0.1, -0.05) is 85.2 Å². The van der Waals surface area contributed by atoms with Crippen LogP contribution in [0.2, 0.25) is 0 Å². The van der Waals surface area contributed by atoms with E-state index in [4.69, 9.17) is 19.0 Å². The van der Waals surface area contributed by atoms with Gasteiger partial charge in [0, 0.05) is 46.7 Å². The molecular formula is C53H87N7O10. The first-order chi connectivity index (χ1) is 33.4. The molecule has 3 N–H and O–H groups in total. The van der Waals surface area contributed by atoms with Crippen LogP contribution in [0.4, 0.5) is 0 Å². The summed E-state index contributed by atoms with van der Waals surface area (Å²) in [6.07, 6.45) is 5.16. The zero-order valence-corrected chi connectivity index (χ0v) is 44.2. The standard InChI is InChI=1S/C53H87N7O10/c1-12-36(6)47(58(9)51(65)45(34(2)3)55-50(64)46(35(4)5)57(8)28-19-23-44(62)70-39-24-26-54-27-25-39)42(67-10)32-43(61)59-29-18-22-41(59)48(68-11)37(7)49(63)56-53(52(66)60-30-16-17-31-69-60)33-40(53)38-20-14-13-15-21-38/h13-15,20-21,34-37,39-42,45-48,54H,12,16-19,22-33H2,1-11H3,(H,55,64)(H,56,63). The largest absolute Gasteiger partial charge is 0.462 e. The third-order valence-corrected chi connectivity index (χ3v) is 15.5. The van der Waals surface area contributed by atoms with Crippen molar-refractivity contribution in [3.8, 4) is 0 Å². The number of amides is 5. The molecule has 4 fully saturated rings. The summed E-state index contributed by atoms with van der Waals surface area (Å²) in [5.74, 6) is -2.86.